The van der Waals surface area contributed by atoms with Crippen LogP contribution in [0, 0.1) is 0 Å². The highest BCUT2D eigenvalue weighted by molar-refractivity contribution is 6.07. The smallest absolute Gasteiger partial charge is 0.170 e. The number of para-hydroxylation sites is 1. The van der Waals surface area contributed by atoms with Gasteiger partial charge in [-0.15, -0.1) is 0 Å². The normalized spacial score (nSPS) is 9.95. The zero-order valence-corrected chi connectivity index (χ0v) is 10.6. The van der Waals surface area contributed by atoms with Gasteiger partial charge in [0.25, 0.3) is 0 Å². The third-order valence-electron chi connectivity index (χ3n) is 2.56. The second-order valence-corrected chi connectivity index (χ2v) is 4.24. The van der Waals surface area contributed by atoms with Crippen molar-refractivity contribution >= 4 is 11.6 Å². The molecule has 0 radical (unpaired) electrons. The van der Waals surface area contributed by atoms with E-state index in [0.29, 0.717) is 11.3 Å². The van der Waals surface area contributed by atoms with Crippen LogP contribution in [-0.2, 0) is 4.79 Å². The number of benzene rings is 2. The molecule has 0 saturated carbocycles. The molecular weight excluding hydrogens is 240 g/mol. The Morgan fingerprint density at radius 2 is 1.47 bits per heavy atom. The predicted octanol–water partition coefficient (Wildman–Crippen LogP) is 3.64. The van der Waals surface area contributed by atoms with Gasteiger partial charge in [0.1, 0.15) is 17.3 Å². The van der Waals surface area contributed by atoms with E-state index < -0.39 is 0 Å². The van der Waals surface area contributed by atoms with Gasteiger partial charge in [-0.25, -0.2) is 0 Å². The SMILES string of the molecule is CC(=O)CC(=O)c1ccc(Oc2ccccc2)cc1. The summed E-state index contributed by atoms with van der Waals surface area (Å²) < 4.78 is 5.62. The summed E-state index contributed by atoms with van der Waals surface area (Å²) in [6.45, 7) is 1.41. The first-order valence-electron chi connectivity index (χ1n) is 6.01. The third kappa shape index (κ3) is 3.78. The van der Waals surface area contributed by atoms with Crippen LogP contribution in [-0.4, -0.2) is 11.6 Å². The molecule has 0 bridgehead atoms. The van der Waals surface area contributed by atoms with Crippen molar-refractivity contribution in [2.75, 3.05) is 0 Å². The van der Waals surface area contributed by atoms with Crippen LogP contribution < -0.4 is 4.74 Å². The van der Waals surface area contributed by atoms with Crippen LogP contribution in [0.3, 0.4) is 0 Å². The Kier molecular flexibility index (Phi) is 4.08. The molecule has 0 saturated heterocycles. The molecule has 0 aromatic heterocycles. The number of Topliss-reactive ketones (excluding diaryl/α,β-unsaturated/α-hetero) is 2. The molecule has 19 heavy (non-hydrogen) atoms. The standard InChI is InChI=1S/C16H14O3/c1-12(17)11-16(18)13-7-9-15(10-8-13)19-14-5-3-2-4-6-14/h2-10H,11H2,1H3. The summed E-state index contributed by atoms with van der Waals surface area (Å²) in [4.78, 5) is 22.6. The van der Waals surface area contributed by atoms with Crippen LogP contribution in [0.1, 0.15) is 23.7 Å². The van der Waals surface area contributed by atoms with Crippen molar-refractivity contribution in [2.24, 2.45) is 0 Å². The maximum atomic E-state index is 11.7. The number of hydrogen-bond donors (Lipinski definition) is 0. The molecular formula is C16H14O3. The number of rotatable bonds is 5. The first-order chi connectivity index (χ1) is 9.15. The molecule has 0 heterocycles. The number of ketones is 2. The summed E-state index contributed by atoms with van der Waals surface area (Å²) in [6.07, 6.45) is -0.0567. The lowest BCUT2D eigenvalue weighted by molar-refractivity contribution is -0.116. The van der Waals surface area contributed by atoms with Crippen molar-refractivity contribution in [1.29, 1.82) is 0 Å². The van der Waals surface area contributed by atoms with Crippen molar-refractivity contribution < 1.29 is 14.3 Å². The Bertz CT molecular complexity index is 571. The molecule has 0 aliphatic carbocycles. The van der Waals surface area contributed by atoms with E-state index in [0.717, 1.165) is 5.75 Å². The summed E-state index contributed by atoms with van der Waals surface area (Å²) in [7, 11) is 0. The minimum Gasteiger partial charge on any atom is -0.457 e. The molecule has 0 N–H and O–H groups in total. The van der Waals surface area contributed by atoms with Crippen LogP contribution in [0.4, 0.5) is 0 Å². The topological polar surface area (TPSA) is 43.4 Å². The van der Waals surface area contributed by atoms with Gasteiger partial charge in [-0.3, -0.25) is 9.59 Å². The minimum atomic E-state index is -0.168. The van der Waals surface area contributed by atoms with Crippen molar-refractivity contribution in [3.05, 3.63) is 60.2 Å². The molecule has 2 rings (SSSR count). The predicted molar refractivity (Wildman–Crippen MR) is 72.6 cm³/mol. The molecule has 96 valence electrons. The first-order valence-corrected chi connectivity index (χ1v) is 6.01. The van der Waals surface area contributed by atoms with E-state index in [9.17, 15) is 9.59 Å². The van der Waals surface area contributed by atoms with Crippen molar-refractivity contribution in [1.82, 2.24) is 0 Å². The first kappa shape index (κ1) is 13.0. The minimum absolute atomic E-state index is 0.0567. The fourth-order valence-corrected chi connectivity index (χ4v) is 1.66. The fourth-order valence-electron chi connectivity index (χ4n) is 1.66. The lowest BCUT2D eigenvalue weighted by atomic mass is 10.1. The molecule has 0 fully saturated rings. The average molecular weight is 254 g/mol. The lowest BCUT2D eigenvalue weighted by Gasteiger charge is -2.06. The highest BCUT2D eigenvalue weighted by Crippen LogP contribution is 2.21. The Morgan fingerprint density at radius 1 is 0.895 bits per heavy atom. The van der Waals surface area contributed by atoms with Gasteiger partial charge in [0.05, 0.1) is 6.42 Å². The van der Waals surface area contributed by atoms with Crippen LogP contribution in [0.25, 0.3) is 0 Å². The quantitative estimate of drug-likeness (QED) is 0.604. The Hall–Kier alpha value is -2.42. The Morgan fingerprint density at radius 3 is 2.05 bits per heavy atom. The second-order valence-electron chi connectivity index (χ2n) is 4.24. The number of carbonyl (C=O) groups excluding carboxylic acids is 2. The zero-order valence-electron chi connectivity index (χ0n) is 10.6. The molecule has 0 unspecified atom stereocenters. The van der Waals surface area contributed by atoms with Gasteiger partial charge in [-0.2, -0.15) is 0 Å². The van der Waals surface area contributed by atoms with Gasteiger partial charge in [0.2, 0.25) is 0 Å². The van der Waals surface area contributed by atoms with E-state index in [2.05, 4.69) is 0 Å². The summed E-state index contributed by atoms with van der Waals surface area (Å²) >= 11 is 0. The molecule has 0 atom stereocenters. The zero-order chi connectivity index (χ0) is 13.7. The number of hydrogen-bond acceptors (Lipinski definition) is 3. The molecule has 0 aliphatic heterocycles. The van der Waals surface area contributed by atoms with Gasteiger partial charge in [0.15, 0.2) is 5.78 Å². The van der Waals surface area contributed by atoms with Gasteiger partial charge >= 0.3 is 0 Å². The average Bonchev–Trinajstić information content (AvgIpc) is 2.40. The fraction of sp³-hybridized carbons (Fsp3) is 0.125. The summed E-state index contributed by atoms with van der Waals surface area (Å²) in [5.74, 6) is 1.10. The Balaban J connectivity index is 2.06. The number of ether oxygens (including phenoxy) is 1. The van der Waals surface area contributed by atoms with Gasteiger partial charge < -0.3 is 4.74 Å². The van der Waals surface area contributed by atoms with Crippen LogP contribution in [0.2, 0.25) is 0 Å². The molecule has 0 amide bonds. The van der Waals surface area contributed by atoms with E-state index in [4.69, 9.17) is 4.74 Å². The summed E-state index contributed by atoms with van der Waals surface area (Å²) in [5.41, 5.74) is 0.524. The third-order valence-corrected chi connectivity index (χ3v) is 2.56. The molecule has 0 spiro atoms. The van der Waals surface area contributed by atoms with Gasteiger partial charge in [-0.05, 0) is 43.3 Å². The number of carbonyl (C=O) groups is 2. The maximum Gasteiger partial charge on any atom is 0.170 e. The van der Waals surface area contributed by atoms with Crippen molar-refractivity contribution in [3.8, 4) is 11.5 Å². The molecule has 2 aromatic carbocycles. The largest absolute Gasteiger partial charge is 0.457 e. The molecule has 2 aromatic rings. The van der Waals surface area contributed by atoms with Crippen molar-refractivity contribution in [3.63, 3.8) is 0 Å². The molecule has 0 aliphatic rings. The van der Waals surface area contributed by atoms with E-state index in [-0.39, 0.29) is 18.0 Å². The van der Waals surface area contributed by atoms with E-state index in [1.54, 1.807) is 24.3 Å². The summed E-state index contributed by atoms with van der Waals surface area (Å²) in [5, 5.41) is 0. The molecule has 3 heteroatoms. The monoisotopic (exact) mass is 254 g/mol. The van der Waals surface area contributed by atoms with E-state index in [1.807, 2.05) is 30.3 Å². The second kappa shape index (κ2) is 5.96. The van der Waals surface area contributed by atoms with E-state index in [1.165, 1.54) is 6.92 Å². The summed E-state index contributed by atoms with van der Waals surface area (Å²) in [6, 6.07) is 16.2. The van der Waals surface area contributed by atoms with Gasteiger partial charge in [0, 0.05) is 5.56 Å². The lowest BCUT2D eigenvalue weighted by Crippen LogP contribution is -2.04. The highest BCUT2D eigenvalue weighted by atomic mass is 16.5. The van der Waals surface area contributed by atoms with Crippen LogP contribution in [0.5, 0.6) is 11.5 Å². The van der Waals surface area contributed by atoms with Crippen LogP contribution in [0.15, 0.2) is 54.6 Å². The van der Waals surface area contributed by atoms with Crippen LogP contribution >= 0.6 is 0 Å². The highest BCUT2D eigenvalue weighted by Gasteiger charge is 2.08. The van der Waals surface area contributed by atoms with Crippen molar-refractivity contribution in [2.45, 2.75) is 13.3 Å². The molecule has 3 nitrogen and oxygen atoms in total. The maximum absolute atomic E-state index is 11.7. The van der Waals surface area contributed by atoms with E-state index >= 15 is 0 Å². The Labute approximate surface area is 111 Å². The van der Waals surface area contributed by atoms with Gasteiger partial charge in [-0.1, -0.05) is 18.2 Å².